The van der Waals surface area contributed by atoms with Crippen molar-refractivity contribution < 1.29 is 41.4 Å². The summed E-state index contributed by atoms with van der Waals surface area (Å²) in [6, 6.07) is 0. The molecule has 0 aromatic carbocycles. The standard InChI is InChI=1S/4H2O.H2S.Zn/h5*1H2;/q;;;;;+2/p-2. The minimum absolute atomic E-state index is 0. The molecule has 6 heteroatoms. The molecule has 0 aromatic heterocycles. The van der Waals surface area contributed by atoms with Gasteiger partial charge in [0.2, 0.25) is 0 Å². The average Bonchev–Trinajstić information content (AvgIpc) is 0. The zero-order chi connectivity index (χ0) is 0. The SMILES string of the molecule is O.O.S.[OH-].[OH-].[Zn+2]. The van der Waals surface area contributed by atoms with E-state index in [1.807, 2.05) is 0 Å². The van der Waals surface area contributed by atoms with E-state index in [-0.39, 0.29) is 54.9 Å². The Kier molecular flexibility index (Phi) is 11800. The summed E-state index contributed by atoms with van der Waals surface area (Å²) in [5.41, 5.74) is 0. The van der Waals surface area contributed by atoms with Gasteiger partial charge in [0.25, 0.3) is 0 Å². The molecular formula is H8O4SZn. The van der Waals surface area contributed by atoms with Crippen molar-refractivity contribution in [2.24, 2.45) is 0 Å². The molecule has 6 heavy (non-hydrogen) atoms. The first-order chi connectivity index (χ1) is 0. The van der Waals surface area contributed by atoms with Gasteiger partial charge in [-0.15, -0.1) is 0 Å². The Bertz CT molecular complexity index is 7.51. The van der Waals surface area contributed by atoms with Gasteiger partial charge >= 0.3 is 19.5 Å². The summed E-state index contributed by atoms with van der Waals surface area (Å²) in [5, 5.41) is 0. The Morgan fingerprint density at radius 1 is 0.667 bits per heavy atom. The molecule has 0 heterocycles. The first kappa shape index (κ1) is 348. The molecule has 0 aliphatic heterocycles. The van der Waals surface area contributed by atoms with Crippen LogP contribution in [0.15, 0.2) is 0 Å². The molecule has 40 valence electrons. The van der Waals surface area contributed by atoms with Crippen LogP contribution in [0.4, 0.5) is 0 Å². The third-order valence-corrected chi connectivity index (χ3v) is 0. The van der Waals surface area contributed by atoms with Crippen molar-refractivity contribution in [1.82, 2.24) is 0 Å². The van der Waals surface area contributed by atoms with E-state index in [1.54, 1.807) is 0 Å². The van der Waals surface area contributed by atoms with Gasteiger partial charge in [0.15, 0.2) is 0 Å². The summed E-state index contributed by atoms with van der Waals surface area (Å²) >= 11 is 0. The fourth-order valence-electron chi connectivity index (χ4n) is 0. The summed E-state index contributed by atoms with van der Waals surface area (Å²) in [6.45, 7) is 0. The summed E-state index contributed by atoms with van der Waals surface area (Å²) in [6.07, 6.45) is 0. The Balaban J connectivity index is 0. The van der Waals surface area contributed by atoms with Crippen molar-refractivity contribution in [2.75, 3.05) is 0 Å². The van der Waals surface area contributed by atoms with Crippen molar-refractivity contribution >= 4 is 13.5 Å². The maximum atomic E-state index is 0. The Hall–Kier alpha value is 0.813. The van der Waals surface area contributed by atoms with Crippen LogP contribution in [0, 0.1) is 0 Å². The van der Waals surface area contributed by atoms with E-state index in [4.69, 9.17) is 0 Å². The molecular weight excluding hydrogens is 161 g/mol. The smallest absolute Gasteiger partial charge is 0.870 e. The van der Waals surface area contributed by atoms with Crippen LogP contribution in [-0.2, 0) is 19.5 Å². The largest absolute Gasteiger partial charge is 2.00 e. The quantitative estimate of drug-likeness (QED) is 0.393. The molecule has 0 amide bonds. The van der Waals surface area contributed by atoms with Crippen molar-refractivity contribution in [3.8, 4) is 0 Å². The zero-order valence-corrected chi connectivity index (χ0v) is 7.07. The second-order valence-corrected chi connectivity index (χ2v) is 0. The van der Waals surface area contributed by atoms with Gasteiger partial charge in [-0.25, -0.2) is 0 Å². The minimum Gasteiger partial charge on any atom is -0.870 e. The van der Waals surface area contributed by atoms with Crippen LogP contribution in [0.5, 0.6) is 0 Å². The Morgan fingerprint density at radius 3 is 0.667 bits per heavy atom. The summed E-state index contributed by atoms with van der Waals surface area (Å²) in [5.74, 6) is 0. The molecule has 0 saturated carbocycles. The molecule has 0 atom stereocenters. The topological polar surface area (TPSA) is 123 Å². The van der Waals surface area contributed by atoms with Gasteiger partial charge in [-0.05, 0) is 0 Å². The number of hydrogen-bond donors (Lipinski definition) is 0. The molecule has 0 saturated heterocycles. The van der Waals surface area contributed by atoms with Gasteiger partial charge in [-0.2, -0.15) is 13.5 Å². The van der Waals surface area contributed by atoms with Crippen molar-refractivity contribution in [2.45, 2.75) is 0 Å². The molecule has 0 unspecified atom stereocenters. The molecule has 0 radical (unpaired) electrons. The van der Waals surface area contributed by atoms with Crippen LogP contribution in [-0.4, -0.2) is 21.9 Å². The fourth-order valence-corrected chi connectivity index (χ4v) is 0. The molecule has 0 rings (SSSR count). The van der Waals surface area contributed by atoms with Gasteiger partial charge in [0, 0.05) is 0 Å². The summed E-state index contributed by atoms with van der Waals surface area (Å²) < 4.78 is 0. The predicted molar refractivity (Wildman–Crippen MR) is 21.5 cm³/mol. The van der Waals surface area contributed by atoms with Gasteiger partial charge < -0.3 is 21.9 Å². The third-order valence-electron chi connectivity index (χ3n) is 0. The van der Waals surface area contributed by atoms with E-state index in [0.29, 0.717) is 0 Å². The fraction of sp³-hybridized carbons (Fsp3) is 0. The van der Waals surface area contributed by atoms with Gasteiger partial charge in [0.1, 0.15) is 0 Å². The van der Waals surface area contributed by atoms with Crippen molar-refractivity contribution in [1.29, 1.82) is 0 Å². The molecule has 0 fully saturated rings. The first-order valence-corrected chi connectivity index (χ1v) is 0. The van der Waals surface area contributed by atoms with E-state index in [9.17, 15) is 0 Å². The van der Waals surface area contributed by atoms with E-state index >= 15 is 0 Å². The molecule has 0 bridgehead atoms. The van der Waals surface area contributed by atoms with Gasteiger partial charge in [-0.3, -0.25) is 0 Å². The third kappa shape index (κ3) is 106. The maximum Gasteiger partial charge on any atom is 2.00 e. The number of rotatable bonds is 0. The normalized spacial score (nSPS) is 0. The van der Waals surface area contributed by atoms with E-state index < -0.39 is 0 Å². The Labute approximate surface area is 55.4 Å². The number of hydrogen-bond acceptors (Lipinski definition) is 2. The van der Waals surface area contributed by atoms with Crippen LogP contribution in [0.2, 0.25) is 0 Å². The van der Waals surface area contributed by atoms with Crippen molar-refractivity contribution in [3.05, 3.63) is 0 Å². The van der Waals surface area contributed by atoms with Gasteiger partial charge in [-0.1, -0.05) is 0 Å². The van der Waals surface area contributed by atoms with Crippen LogP contribution < -0.4 is 0 Å². The van der Waals surface area contributed by atoms with Crippen LogP contribution >= 0.6 is 13.5 Å². The second kappa shape index (κ2) is 204. The van der Waals surface area contributed by atoms with Crippen LogP contribution in [0.25, 0.3) is 0 Å². The molecule has 0 aliphatic rings. The average molecular weight is 170 g/mol. The van der Waals surface area contributed by atoms with E-state index in [2.05, 4.69) is 0 Å². The molecule has 0 aromatic rings. The van der Waals surface area contributed by atoms with Crippen LogP contribution in [0.3, 0.4) is 0 Å². The van der Waals surface area contributed by atoms with Crippen molar-refractivity contribution in [3.63, 3.8) is 0 Å². The monoisotopic (exact) mass is 168 g/mol. The van der Waals surface area contributed by atoms with Gasteiger partial charge in [0.05, 0.1) is 0 Å². The van der Waals surface area contributed by atoms with Crippen LogP contribution in [0.1, 0.15) is 0 Å². The molecule has 0 aliphatic carbocycles. The minimum atomic E-state index is 0. The molecule has 4 nitrogen and oxygen atoms in total. The van der Waals surface area contributed by atoms with E-state index in [0.717, 1.165) is 0 Å². The summed E-state index contributed by atoms with van der Waals surface area (Å²) in [7, 11) is 0. The molecule has 0 spiro atoms. The maximum absolute atomic E-state index is 0. The Morgan fingerprint density at radius 2 is 0.667 bits per heavy atom. The molecule has 6 N–H and O–H groups in total. The first-order valence-electron chi connectivity index (χ1n) is 0. The van der Waals surface area contributed by atoms with E-state index in [1.165, 1.54) is 0 Å². The predicted octanol–water partition coefficient (Wildman–Crippen LogP) is -1.89. The zero-order valence-electron chi connectivity index (χ0n) is 3.10. The second-order valence-electron chi connectivity index (χ2n) is 0. The summed E-state index contributed by atoms with van der Waals surface area (Å²) in [4.78, 5) is 0.